The second-order valence-electron chi connectivity index (χ2n) is 4.93. The van der Waals surface area contributed by atoms with Crippen LogP contribution in [0.5, 0.6) is 0 Å². The van der Waals surface area contributed by atoms with Gasteiger partial charge in [0.2, 0.25) is 5.91 Å². The maximum atomic E-state index is 12.7. The van der Waals surface area contributed by atoms with Crippen LogP contribution in [0, 0.1) is 5.82 Å². The Kier molecular flexibility index (Phi) is 5.95. The lowest BCUT2D eigenvalue weighted by Crippen LogP contribution is -2.41. The molecule has 1 aliphatic rings. The minimum Gasteiger partial charge on any atom is -0.379 e. The number of hydrogen-bond acceptors (Lipinski definition) is 3. The number of benzene rings is 1. The fourth-order valence-corrected chi connectivity index (χ4v) is 2.18. The molecule has 1 fully saturated rings. The summed E-state index contributed by atoms with van der Waals surface area (Å²) in [6, 6.07) is 6.28. The van der Waals surface area contributed by atoms with E-state index >= 15 is 0 Å². The average molecular weight is 280 g/mol. The van der Waals surface area contributed by atoms with Crippen LogP contribution in [-0.4, -0.2) is 50.2 Å². The Hall–Kier alpha value is -1.46. The number of rotatable bonds is 6. The normalized spacial score (nSPS) is 16.1. The van der Waals surface area contributed by atoms with Gasteiger partial charge in [-0.1, -0.05) is 12.1 Å². The summed E-state index contributed by atoms with van der Waals surface area (Å²) < 4.78 is 18.0. The Labute approximate surface area is 118 Å². The van der Waals surface area contributed by atoms with E-state index < -0.39 is 0 Å². The van der Waals surface area contributed by atoms with Crippen molar-refractivity contribution in [2.75, 3.05) is 39.4 Å². The Morgan fingerprint density at radius 2 is 1.95 bits per heavy atom. The first-order valence-corrected chi connectivity index (χ1v) is 7.05. The molecule has 1 heterocycles. The summed E-state index contributed by atoms with van der Waals surface area (Å²) in [6.45, 7) is 4.96. The average Bonchev–Trinajstić information content (AvgIpc) is 2.48. The molecule has 0 radical (unpaired) electrons. The fourth-order valence-electron chi connectivity index (χ4n) is 2.18. The van der Waals surface area contributed by atoms with E-state index in [0.717, 1.165) is 38.4 Å². The monoisotopic (exact) mass is 280 g/mol. The third-order valence-corrected chi connectivity index (χ3v) is 3.41. The molecule has 5 heteroatoms. The summed E-state index contributed by atoms with van der Waals surface area (Å²) in [5, 5.41) is 2.92. The lowest BCUT2D eigenvalue weighted by Gasteiger charge is -2.26. The maximum absolute atomic E-state index is 12.7. The van der Waals surface area contributed by atoms with Crippen molar-refractivity contribution in [1.29, 1.82) is 0 Å². The van der Waals surface area contributed by atoms with Gasteiger partial charge in [0, 0.05) is 32.6 Å². The molecular formula is C15H21FN2O2. The van der Waals surface area contributed by atoms with Crippen LogP contribution in [0.2, 0.25) is 0 Å². The van der Waals surface area contributed by atoms with Crippen LogP contribution in [0.1, 0.15) is 12.0 Å². The number of halogens is 1. The van der Waals surface area contributed by atoms with Gasteiger partial charge in [-0.15, -0.1) is 0 Å². The van der Waals surface area contributed by atoms with Crippen molar-refractivity contribution < 1.29 is 13.9 Å². The Morgan fingerprint density at radius 1 is 1.25 bits per heavy atom. The summed E-state index contributed by atoms with van der Waals surface area (Å²) in [5.74, 6) is -0.203. The van der Waals surface area contributed by atoms with E-state index in [1.54, 1.807) is 12.1 Å². The van der Waals surface area contributed by atoms with Gasteiger partial charge < -0.3 is 10.1 Å². The smallest absolute Gasteiger partial charge is 0.220 e. The molecule has 0 aliphatic carbocycles. The zero-order valence-corrected chi connectivity index (χ0v) is 11.6. The molecule has 1 saturated heterocycles. The topological polar surface area (TPSA) is 41.6 Å². The summed E-state index contributed by atoms with van der Waals surface area (Å²) in [4.78, 5) is 14.0. The van der Waals surface area contributed by atoms with Crippen molar-refractivity contribution >= 4 is 5.91 Å². The minimum atomic E-state index is -0.247. The highest BCUT2D eigenvalue weighted by atomic mass is 19.1. The molecule has 1 aliphatic heterocycles. The molecule has 4 nitrogen and oxygen atoms in total. The molecular weight excluding hydrogens is 259 g/mol. The zero-order valence-electron chi connectivity index (χ0n) is 11.6. The Morgan fingerprint density at radius 3 is 2.65 bits per heavy atom. The molecule has 20 heavy (non-hydrogen) atoms. The lowest BCUT2D eigenvalue weighted by atomic mass is 10.1. The summed E-state index contributed by atoms with van der Waals surface area (Å²) in [5.41, 5.74) is 0.981. The van der Waals surface area contributed by atoms with Gasteiger partial charge in [-0.3, -0.25) is 9.69 Å². The number of ether oxygens (including phenoxy) is 1. The molecule has 0 spiro atoms. The first-order valence-electron chi connectivity index (χ1n) is 7.05. The van der Waals surface area contributed by atoms with Crippen LogP contribution in [0.4, 0.5) is 4.39 Å². The molecule has 0 atom stereocenters. The van der Waals surface area contributed by atoms with Crippen LogP contribution in [-0.2, 0) is 16.0 Å². The van der Waals surface area contributed by atoms with Crippen molar-refractivity contribution in [3.8, 4) is 0 Å². The van der Waals surface area contributed by atoms with Gasteiger partial charge in [-0.25, -0.2) is 4.39 Å². The van der Waals surface area contributed by atoms with Crippen molar-refractivity contribution in [2.45, 2.75) is 12.8 Å². The van der Waals surface area contributed by atoms with E-state index in [1.807, 2.05) is 0 Å². The highest BCUT2D eigenvalue weighted by Gasteiger charge is 2.10. The molecule has 110 valence electrons. The number of nitrogens with zero attached hydrogens (tertiary/aromatic N) is 1. The van der Waals surface area contributed by atoms with E-state index in [1.165, 1.54) is 12.1 Å². The van der Waals surface area contributed by atoms with Crippen molar-refractivity contribution in [2.24, 2.45) is 0 Å². The SMILES string of the molecule is O=C(CCc1ccc(F)cc1)NCCN1CCOCC1. The van der Waals surface area contributed by atoms with Gasteiger partial charge in [0.05, 0.1) is 13.2 Å². The quantitative estimate of drug-likeness (QED) is 0.851. The summed E-state index contributed by atoms with van der Waals surface area (Å²) >= 11 is 0. The second-order valence-corrected chi connectivity index (χ2v) is 4.93. The van der Waals surface area contributed by atoms with E-state index in [0.29, 0.717) is 19.4 Å². The van der Waals surface area contributed by atoms with E-state index in [4.69, 9.17) is 4.74 Å². The van der Waals surface area contributed by atoms with Gasteiger partial charge in [0.1, 0.15) is 5.82 Å². The number of amides is 1. The Balaban J connectivity index is 1.59. The van der Waals surface area contributed by atoms with Crippen LogP contribution < -0.4 is 5.32 Å². The van der Waals surface area contributed by atoms with Gasteiger partial charge in [0.15, 0.2) is 0 Å². The summed E-state index contributed by atoms with van der Waals surface area (Å²) in [7, 11) is 0. The number of carbonyl (C=O) groups is 1. The Bertz CT molecular complexity index is 416. The third-order valence-electron chi connectivity index (χ3n) is 3.41. The van der Waals surface area contributed by atoms with Crippen LogP contribution in [0.3, 0.4) is 0 Å². The fraction of sp³-hybridized carbons (Fsp3) is 0.533. The highest BCUT2D eigenvalue weighted by molar-refractivity contribution is 5.76. The van der Waals surface area contributed by atoms with Gasteiger partial charge in [0.25, 0.3) is 0 Å². The van der Waals surface area contributed by atoms with Gasteiger partial charge in [-0.05, 0) is 24.1 Å². The predicted molar refractivity (Wildman–Crippen MR) is 75.0 cm³/mol. The third kappa shape index (κ3) is 5.27. The molecule has 0 aromatic heterocycles. The van der Waals surface area contributed by atoms with E-state index in [2.05, 4.69) is 10.2 Å². The standard InChI is InChI=1S/C15H21FN2O2/c16-14-4-1-13(2-5-14)3-6-15(19)17-7-8-18-9-11-20-12-10-18/h1-2,4-5H,3,6-12H2,(H,17,19). The van der Waals surface area contributed by atoms with Gasteiger partial charge >= 0.3 is 0 Å². The first-order chi connectivity index (χ1) is 9.74. The van der Waals surface area contributed by atoms with Crippen LogP contribution in [0.15, 0.2) is 24.3 Å². The zero-order chi connectivity index (χ0) is 14.2. The largest absolute Gasteiger partial charge is 0.379 e. The van der Waals surface area contributed by atoms with E-state index in [9.17, 15) is 9.18 Å². The molecule has 0 bridgehead atoms. The molecule has 2 rings (SSSR count). The number of carbonyl (C=O) groups excluding carboxylic acids is 1. The van der Waals surface area contributed by atoms with Crippen LogP contribution >= 0.6 is 0 Å². The van der Waals surface area contributed by atoms with E-state index in [-0.39, 0.29) is 11.7 Å². The predicted octanol–water partition coefficient (Wildman–Crippen LogP) is 1.21. The number of hydrogen-bond donors (Lipinski definition) is 1. The molecule has 0 unspecified atom stereocenters. The lowest BCUT2D eigenvalue weighted by molar-refractivity contribution is -0.121. The molecule has 1 N–H and O–H groups in total. The maximum Gasteiger partial charge on any atom is 0.220 e. The minimum absolute atomic E-state index is 0.0441. The van der Waals surface area contributed by atoms with Crippen molar-refractivity contribution in [3.05, 3.63) is 35.6 Å². The molecule has 1 amide bonds. The van der Waals surface area contributed by atoms with Crippen LogP contribution in [0.25, 0.3) is 0 Å². The second kappa shape index (κ2) is 7.97. The van der Waals surface area contributed by atoms with Gasteiger partial charge in [-0.2, -0.15) is 0 Å². The number of morpholine rings is 1. The summed E-state index contributed by atoms with van der Waals surface area (Å²) in [6.07, 6.45) is 1.08. The first kappa shape index (κ1) is 14.9. The number of nitrogens with one attached hydrogen (secondary N) is 1. The van der Waals surface area contributed by atoms with Crippen molar-refractivity contribution in [3.63, 3.8) is 0 Å². The highest BCUT2D eigenvalue weighted by Crippen LogP contribution is 2.05. The molecule has 1 aromatic carbocycles. The molecule has 0 saturated carbocycles. The number of aryl methyl sites for hydroxylation is 1. The van der Waals surface area contributed by atoms with Crippen molar-refractivity contribution in [1.82, 2.24) is 10.2 Å². The molecule has 1 aromatic rings.